The van der Waals surface area contributed by atoms with E-state index in [9.17, 15) is 0 Å². The molecule has 0 amide bonds. The van der Waals surface area contributed by atoms with E-state index in [1.165, 1.54) is 47.9 Å². The second kappa shape index (κ2) is 7.46. The Hall–Kier alpha value is -2.08. The zero-order chi connectivity index (χ0) is 16.1. The third kappa shape index (κ3) is 4.22. The Kier molecular flexibility index (Phi) is 5.12. The zero-order valence-electron chi connectivity index (χ0n) is 14.3. The van der Waals surface area contributed by atoms with Crippen molar-refractivity contribution in [2.24, 2.45) is 0 Å². The van der Waals surface area contributed by atoms with Gasteiger partial charge in [-0.3, -0.25) is 0 Å². The van der Waals surface area contributed by atoms with Crippen LogP contribution in [0.25, 0.3) is 0 Å². The second-order valence-corrected chi connectivity index (χ2v) is 6.67. The molecular weight excluding hydrogens is 276 g/mol. The van der Waals surface area contributed by atoms with E-state index in [1.54, 1.807) is 5.57 Å². The molecule has 0 aromatic heterocycles. The van der Waals surface area contributed by atoms with Crippen molar-refractivity contribution in [1.29, 1.82) is 0 Å². The number of rotatable bonds is 3. The van der Waals surface area contributed by atoms with Gasteiger partial charge in [0, 0.05) is 5.92 Å². The Bertz CT molecular complexity index is 626. The molecule has 2 aromatic rings. The van der Waals surface area contributed by atoms with Gasteiger partial charge in [-0.1, -0.05) is 83.5 Å². The van der Waals surface area contributed by atoms with Crippen LogP contribution in [-0.2, 0) is 0 Å². The maximum absolute atomic E-state index is 2.52. The molecule has 0 heterocycles. The van der Waals surface area contributed by atoms with Gasteiger partial charge in [0.15, 0.2) is 0 Å². The van der Waals surface area contributed by atoms with Crippen molar-refractivity contribution in [2.75, 3.05) is 0 Å². The molecule has 0 atom stereocenters. The molecule has 0 saturated carbocycles. The maximum atomic E-state index is 2.52. The lowest BCUT2D eigenvalue weighted by Gasteiger charge is -2.17. The topological polar surface area (TPSA) is 0 Å². The standard InChI is InChI=1S/C23H26/c1-18-9-13-21(14-10-18)23(22-15-11-19(2)12-16-22)17-20-7-5-3-4-6-8-20/h3-4,9-17,23H,5-8H2,1-2H3. The highest BCUT2D eigenvalue weighted by Gasteiger charge is 2.13. The minimum atomic E-state index is 0.365. The van der Waals surface area contributed by atoms with Gasteiger partial charge in [-0.2, -0.15) is 0 Å². The molecule has 118 valence electrons. The van der Waals surface area contributed by atoms with Crippen LogP contribution >= 0.6 is 0 Å². The van der Waals surface area contributed by atoms with Gasteiger partial charge in [0.25, 0.3) is 0 Å². The molecule has 0 nitrogen and oxygen atoms in total. The first-order valence-electron chi connectivity index (χ1n) is 8.70. The van der Waals surface area contributed by atoms with Crippen LogP contribution in [0.4, 0.5) is 0 Å². The van der Waals surface area contributed by atoms with Crippen molar-refractivity contribution >= 4 is 0 Å². The average molecular weight is 302 g/mol. The summed E-state index contributed by atoms with van der Waals surface area (Å²) in [6.45, 7) is 4.31. The number of allylic oxidation sites excluding steroid dienone is 4. The molecule has 0 bridgehead atoms. The monoisotopic (exact) mass is 302 g/mol. The van der Waals surface area contributed by atoms with Crippen molar-refractivity contribution < 1.29 is 0 Å². The van der Waals surface area contributed by atoms with Crippen LogP contribution in [0.2, 0.25) is 0 Å². The van der Waals surface area contributed by atoms with Crippen molar-refractivity contribution in [3.63, 3.8) is 0 Å². The molecule has 3 rings (SSSR count). The molecule has 1 aliphatic rings. The normalized spacial score (nSPS) is 14.8. The second-order valence-electron chi connectivity index (χ2n) is 6.67. The van der Waals surface area contributed by atoms with Crippen molar-refractivity contribution in [3.05, 3.63) is 94.6 Å². The van der Waals surface area contributed by atoms with Gasteiger partial charge in [0.05, 0.1) is 0 Å². The van der Waals surface area contributed by atoms with E-state index < -0.39 is 0 Å². The molecule has 23 heavy (non-hydrogen) atoms. The fourth-order valence-corrected chi connectivity index (χ4v) is 3.23. The van der Waals surface area contributed by atoms with Crippen LogP contribution < -0.4 is 0 Å². The predicted molar refractivity (Wildman–Crippen MR) is 99.9 cm³/mol. The summed E-state index contributed by atoms with van der Waals surface area (Å²) in [6, 6.07) is 18.0. The Labute approximate surface area is 140 Å². The first kappa shape index (κ1) is 15.8. The van der Waals surface area contributed by atoms with Gasteiger partial charge >= 0.3 is 0 Å². The molecular formula is C23H26. The minimum absolute atomic E-state index is 0.365. The van der Waals surface area contributed by atoms with E-state index >= 15 is 0 Å². The Balaban J connectivity index is 1.97. The van der Waals surface area contributed by atoms with Crippen LogP contribution in [0.1, 0.15) is 53.9 Å². The highest BCUT2D eigenvalue weighted by atomic mass is 14.2. The molecule has 0 fully saturated rings. The van der Waals surface area contributed by atoms with E-state index in [2.05, 4.69) is 80.6 Å². The van der Waals surface area contributed by atoms with Crippen LogP contribution in [0.3, 0.4) is 0 Å². The van der Waals surface area contributed by atoms with Gasteiger partial charge < -0.3 is 0 Å². The van der Waals surface area contributed by atoms with Gasteiger partial charge in [-0.05, 0) is 50.7 Å². The van der Waals surface area contributed by atoms with E-state index in [-0.39, 0.29) is 0 Å². The van der Waals surface area contributed by atoms with Crippen molar-refractivity contribution in [3.8, 4) is 0 Å². The molecule has 0 saturated heterocycles. The van der Waals surface area contributed by atoms with E-state index in [4.69, 9.17) is 0 Å². The highest BCUT2D eigenvalue weighted by molar-refractivity contribution is 5.40. The molecule has 2 aromatic carbocycles. The summed E-state index contributed by atoms with van der Waals surface area (Å²) in [7, 11) is 0. The molecule has 0 heteroatoms. The predicted octanol–water partition coefficient (Wildman–Crippen LogP) is 6.49. The van der Waals surface area contributed by atoms with Gasteiger partial charge in [0.2, 0.25) is 0 Å². The van der Waals surface area contributed by atoms with E-state index in [1.807, 2.05) is 0 Å². The summed E-state index contributed by atoms with van der Waals surface area (Å²) in [6.07, 6.45) is 11.9. The summed E-state index contributed by atoms with van der Waals surface area (Å²) < 4.78 is 0. The number of hydrogen-bond acceptors (Lipinski definition) is 0. The first-order chi connectivity index (χ1) is 11.2. The fraction of sp³-hybridized carbons (Fsp3) is 0.304. The minimum Gasteiger partial charge on any atom is -0.0882 e. The highest BCUT2D eigenvalue weighted by Crippen LogP contribution is 2.30. The average Bonchev–Trinajstić information content (AvgIpc) is 2.83. The lowest BCUT2D eigenvalue weighted by atomic mass is 9.87. The number of benzene rings is 2. The zero-order valence-corrected chi connectivity index (χ0v) is 14.3. The lowest BCUT2D eigenvalue weighted by Crippen LogP contribution is -2.00. The fourth-order valence-electron chi connectivity index (χ4n) is 3.23. The van der Waals surface area contributed by atoms with Crippen molar-refractivity contribution in [2.45, 2.75) is 45.4 Å². The number of hydrogen-bond donors (Lipinski definition) is 0. The van der Waals surface area contributed by atoms with Gasteiger partial charge in [0.1, 0.15) is 0 Å². The molecule has 0 unspecified atom stereocenters. The van der Waals surface area contributed by atoms with Crippen molar-refractivity contribution in [1.82, 2.24) is 0 Å². The quantitative estimate of drug-likeness (QED) is 0.568. The Morgan fingerprint density at radius 1 is 0.696 bits per heavy atom. The van der Waals surface area contributed by atoms with Gasteiger partial charge in [-0.25, -0.2) is 0 Å². The third-order valence-electron chi connectivity index (χ3n) is 4.71. The third-order valence-corrected chi connectivity index (χ3v) is 4.71. The van der Waals surface area contributed by atoms with Crippen LogP contribution in [-0.4, -0.2) is 0 Å². The number of aryl methyl sites for hydroxylation is 2. The molecule has 0 N–H and O–H groups in total. The Morgan fingerprint density at radius 3 is 1.57 bits per heavy atom. The molecule has 1 aliphatic carbocycles. The van der Waals surface area contributed by atoms with Gasteiger partial charge in [-0.15, -0.1) is 0 Å². The van der Waals surface area contributed by atoms with E-state index in [0.29, 0.717) is 5.92 Å². The van der Waals surface area contributed by atoms with E-state index in [0.717, 1.165) is 0 Å². The Morgan fingerprint density at radius 2 is 1.13 bits per heavy atom. The summed E-state index contributed by atoms with van der Waals surface area (Å²) in [4.78, 5) is 0. The maximum Gasteiger partial charge on any atom is 0.0272 e. The summed E-state index contributed by atoms with van der Waals surface area (Å²) in [5, 5.41) is 0. The molecule has 0 aliphatic heterocycles. The van der Waals surface area contributed by atoms with Crippen LogP contribution in [0, 0.1) is 13.8 Å². The summed E-state index contributed by atoms with van der Waals surface area (Å²) in [5.41, 5.74) is 7.03. The molecule has 0 radical (unpaired) electrons. The van der Waals surface area contributed by atoms with Crippen LogP contribution in [0.15, 0.2) is 72.3 Å². The summed E-state index contributed by atoms with van der Waals surface area (Å²) in [5.74, 6) is 0.365. The molecule has 0 spiro atoms. The lowest BCUT2D eigenvalue weighted by molar-refractivity contribution is 0.868. The summed E-state index contributed by atoms with van der Waals surface area (Å²) >= 11 is 0. The SMILES string of the molecule is Cc1ccc(C(C=C2CCC=CCC2)c2ccc(C)cc2)cc1. The first-order valence-corrected chi connectivity index (χ1v) is 8.70. The van der Waals surface area contributed by atoms with Crippen LogP contribution in [0.5, 0.6) is 0 Å². The largest absolute Gasteiger partial charge is 0.0882 e. The smallest absolute Gasteiger partial charge is 0.0272 e.